The summed E-state index contributed by atoms with van der Waals surface area (Å²) in [4.78, 5) is 24.5. The number of carbonyl (C=O) groups excluding carboxylic acids is 1. The number of allylic oxidation sites excluding steroid dienone is 1. The van der Waals surface area contributed by atoms with E-state index in [1.807, 2.05) is 77.7 Å². The average Bonchev–Trinajstić information content (AvgIpc) is 4.08. The number of ether oxygens (including phenoxy) is 5. The summed E-state index contributed by atoms with van der Waals surface area (Å²) in [5, 5.41) is 25.1. The van der Waals surface area contributed by atoms with Gasteiger partial charge in [0.05, 0.1) is 18.2 Å². The van der Waals surface area contributed by atoms with Crippen molar-refractivity contribution in [1.29, 1.82) is 0 Å². The van der Waals surface area contributed by atoms with Gasteiger partial charge in [-0.15, -0.1) is 18.3 Å². The predicted molar refractivity (Wildman–Crippen MR) is 250 cm³/mol. The number of hydrogen-bond acceptors (Lipinski definition) is 11. The van der Waals surface area contributed by atoms with Gasteiger partial charge in [-0.3, -0.25) is 4.79 Å². The van der Waals surface area contributed by atoms with Gasteiger partial charge in [0.2, 0.25) is 18.5 Å². The molecular weight excluding hydrogens is 841 g/mol. The van der Waals surface area contributed by atoms with Gasteiger partial charge < -0.3 is 43.6 Å². The molecule has 6 atom stereocenters. The van der Waals surface area contributed by atoms with Crippen molar-refractivity contribution in [2.75, 3.05) is 32.9 Å². The van der Waals surface area contributed by atoms with Gasteiger partial charge in [-0.05, 0) is 128 Å². The number of amides is 1. The summed E-state index contributed by atoms with van der Waals surface area (Å²) in [6.45, 7) is 5.21. The number of hydrogen-bond donors (Lipinski definition) is 2. The van der Waals surface area contributed by atoms with E-state index < -0.39 is 17.7 Å². The van der Waals surface area contributed by atoms with Gasteiger partial charge in [-0.2, -0.15) is 0 Å². The standard InChI is InChI=1S/C53H60N2O9S/c1-3-27-61-53-49(55(52(58)37-16-17-37)32-36-15-23-47-48(28-36)60-34-59-47)31-45(54-62-33-35-11-5-4-6-12-35)43-29-38(13-7-9-25-56)42(14-8-10-26-57)50(51(43)53)44-30-40(20-24-46(44)64-53)63-39-18-21-41(65-2)22-19-39/h3-6,11-12,15,18-24,28-30,37-38,42,49-51,56-57H,1,7-10,13-14,16-17,25-27,31-34H2,2H3. The highest BCUT2D eigenvalue weighted by atomic mass is 32.2. The molecule has 2 heterocycles. The molecule has 0 saturated heterocycles. The number of aliphatic hydroxyl groups is 2. The number of aliphatic hydroxyl groups excluding tert-OH is 2. The van der Waals surface area contributed by atoms with Gasteiger partial charge in [0.25, 0.3) is 0 Å². The van der Waals surface area contributed by atoms with E-state index in [9.17, 15) is 10.2 Å². The van der Waals surface area contributed by atoms with Crippen LogP contribution in [0.15, 0.2) is 125 Å². The molecule has 4 aromatic carbocycles. The number of nitrogens with zero attached hydrogens (tertiary/aromatic N) is 2. The lowest BCUT2D eigenvalue weighted by molar-refractivity contribution is -0.258. The number of thioether (sulfide) groups is 1. The number of oxime groups is 1. The third kappa shape index (κ3) is 9.68. The number of fused-ring (bicyclic) bond motifs is 3. The average molecular weight is 901 g/mol. The molecule has 0 radical (unpaired) electrons. The van der Waals surface area contributed by atoms with Gasteiger partial charge in [0.15, 0.2) is 11.5 Å². The third-order valence-corrected chi connectivity index (χ3v) is 14.3. The lowest BCUT2D eigenvalue weighted by Crippen LogP contribution is -2.70. The van der Waals surface area contributed by atoms with E-state index in [0.717, 1.165) is 77.1 Å². The fourth-order valence-electron chi connectivity index (χ4n) is 10.4. The van der Waals surface area contributed by atoms with Crippen molar-refractivity contribution in [1.82, 2.24) is 4.90 Å². The van der Waals surface area contributed by atoms with Crippen molar-refractivity contribution in [3.8, 4) is 28.7 Å². The summed E-state index contributed by atoms with van der Waals surface area (Å²) in [7, 11) is 0. The number of rotatable bonds is 21. The van der Waals surface area contributed by atoms with Crippen molar-refractivity contribution >= 4 is 23.4 Å². The Morgan fingerprint density at radius 3 is 2.40 bits per heavy atom. The first-order chi connectivity index (χ1) is 31.9. The Morgan fingerprint density at radius 1 is 0.892 bits per heavy atom. The molecule has 342 valence electrons. The van der Waals surface area contributed by atoms with E-state index >= 15 is 4.79 Å². The Morgan fingerprint density at radius 2 is 1.65 bits per heavy atom. The fraction of sp³-hybridized carbons (Fsp3) is 0.434. The van der Waals surface area contributed by atoms with Crippen LogP contribution in [0.25, 0.3) is 0 Å². The molecule has 2 aliphatic heterocycles. The van der Waals surface area contributed by atoms with Crippen LogP contribution in [0.2, 0.25) is 0 Å². The second-order valence-electron chi connectivity index (χ2n) is 17.7. The van der Waals surface area contributed by atoms with E-state index in [1.54, 1.807) is 17.8 Å². The maximum atomic E-state index is 15.0. The molecule has 3 aliphatic carbocycles. The van der Waals surface area contributed by atoms with Crippen LogP contribution >= 0.6 is 11.8 Å². The summed E-state index contributed by atoms with van der Waals surface area (Å²) >= 11 is 1.68. The molecule has 12 heteroatoms. The first kappa shape index (κ1) is 44.9. The normalized spacial score (nSPS) is 24.3. The number of unbranched alkanes of at least 4 members (excludes halogenated alkanes) is 2. The van der Waals surface area contributed by atoms with Gasteiger partial charge in [-0.1, -0.05) is 66.5 Å². The molecule has 2 fully saturated rings. The molecule has 2 saturated carbocycles. The van der Waals surface area contributed by atoms with E-state index in [4.69, 9.17) is 33.7 Å². The quantitative estimate of drug-likeness (QED) is 0.0361. The van der Waals surface area contributed by atoms with Gasteiger partial charge in [-0.25, -0.2) is 0 Å². The Hall–Kier alpha value is -5.27. The molecule has 0 bridgehead atoms. The van der Waals surface area contributed by atoms with Crippen LogP contribution in [0.4, 0.5) is 0 Å². The second-order valence-corrected chi connectivity index (χ2v) is 18.6. The van der Waals surface area contributed by atoms with Crippen molar-refractivity contribution in [3.63, 3.8) is 0 Å². The SMILES string of the molecule is C=CCOC12Oc3ccc(Oc4ccc(SC)cc4)cc3C3C(CCCCO)C(CCCCO)C=C(C(=NOCc4ccccc4)CC1N(Cc1ccc4c(c1)OCO4)C(=O)C1CC1)C32. The molecule has 11 nitrogen and oxygen atoms in total. The predicted octanol–water partition coefficient (Wildman–Crippen LogP) is 10.2. The lowest BCUT2D eigenvalue weighted by atomic mass is 9.55. The minimum absolute atomic E-state index is 0.0469. The molecule has 9 rings (SSSR count). The van der Waals surface area contributed by atoms with Crippen molar-refractivity contribution in [3.05, 3.63) is 132 Å². The highest BCUT2D eigenvalue weighted by Crippen LogP contribution is 2.62. The minimum Gasteiger partial charge on any atom is -0.459 e. The van der Waals surface area contributed by atoms with Gasteiger partial charge >= 0.3 is 0 Å². The van der Waals surface area contributed by atoms with Crippen LogP contribution in [0.3, 0.4) is 0 Å². The summed E-state index contributed by atoms with van der Waals surface area (Å²) in [5.41, 5.74) is 4.64. The van der Waals surface area contributed by atoms with Crippen LogP contribution in [-0.2, 0) is 27.5 Å². The topological polar surface area (TPSA) is 129 Å². The zero-order valence-corrected chi connectivity index (χ0v) is 38.0. The first-order valence-electron chi connectivity index (χ1n) is 23.2. The minimum atomic E-state index is -1.38. The smallest absolute Gasteiger partial charge is 0.239 e. The third-order valence-electron chi connectivity index (χ3n) is 13.6. The summed E-state index contributed by atoms with van der Waals surface area (Å²) in [5.74, 6) is 1.52. The lowest BCUT2D eigenvalue weighted by Gasteiger charge is -2.60. The Labute approximate surface area is 386 Å². The van der Waals surface area contributed by atoms with Crippen LogP contribution < -0.4 is 18.9 Å². The maximum absolute atomic E-state index is 15.0. The van der Waals surface area contributed by atoms with Crippen molar-refractivity contribution in [2.24, 2.45) is 28.8 Å². The molecule has 1 amide bonds. The highest BCUT2D eigenvalue weighted by Gasteiger charge is 2.66. The second kappa shape index (κ2) is 20.5. The van der Waals surface area contributed by atoms with Crippen molar-refractivity contribution < 1.29 is 43.5 Å². The zero-order valence-electron chi connectivity index (χ0n) is 37.1. The molecular formula is C53H60N2O9S. The van der Waals surface area contributed by atoms with Gasteiger partial charge in [0, 0.05) is 48.5 Å². The Balaban J connectivity index is 1.23. The zero-order chi connectivity index (χ0) is 44.8. The molecule has 6 unspecified atom stereocenters. The summed E-state index contributed by atoms with van der Waals surface area (Å²) < 4.78 is 32.8. The number of benzene rings is 4. The molecule has 0 spiro atoms. The number of carbonyl (C=O) groups is 1. The Kier molecular flexibility index (Phi) is 14.2. The van der Waals surface area contributed by atoms with Crippen LogP contribution in [0, 0.1) is 23.7 Å². The Bertz CT molecular complexity index is 2350. The summed E-state index contributed by atoms with van der Waals surface area (Å²) in [6.07, 6.45) is 12.8. The molecule has 4 aromatic rings. The van der Waals surface area contributed by atoms with Crippen LogP contribution in [0.1, 0.15) is 80.4 Å². The van der Waals surface area contributed by atoms with E-state index in [-0.39, 0.29) is 69.3 Å². The monoisotopic (exact) mass is 900 g/mol. The highest BCUT2D eigenvalue weighted by molar-refractivity contribution is 7.98. The molecule has 65 heavy (non-hydrogen) atoms. The summed E-state index contributed by atoms with van der Waals surface area (Å²) in [6, 6.07) is 29.4. The first-order valence-corrected chi connectivity index (χ1v) is 24.4. The largest absolute Gasteiger partial charge is 0.459 e. The van der Waals surface area contributed by atoms with Gasteiger partial charge in [0.1, 0.15) is 29.9 Å². The maximum Gasteiger partial charge on any atom is 0.239 e. The molecule has 5 aliphatic rings. The van der Waals surface area contributed by atoms with Crippen LogP contribution in [-0.4, -0.2) is 71.4 Å². The van der Waals surface area contributed by atoms with Crippen LogP contribution in [0.5, 0.6) is 28.7 Å². The molecule has 2 N–H and O–H groups in total. The molecule has 0 aromatic heterocycles. The van der Waals surface area contributed by atoms with E-state index in [0.29, 0.717) is 42.3 Å². The van der Waals surface area contributed by atoms with E-state index in [2.05, 4.69) is 37.1 Å². The fourth-order valence-corrected chi connectivity index (χ4v) is 10.8. The van der Waals surface area contributed by atoms with E-state index in [1.165, 1.54) is 0 Å². The van der Waals surface area contributed by atoms with Crippen molar-refractivity contribution in [2.45, 2.75) is 93.6 Å².